The number of para-hydroxylation sites is 1. The highest BCUT2D eigenvalue weighted by molar-refractivity contribution is 5.98. The molecule has 1 aliphatic heterocycles. The summed E-state index contributed by atoms with van der Waals surface area (Å²) in [6.07, 6.45) is 0. The lowest BCUT2D eigenvalue weighted by atomic mass is 10.1. The van der Waals surface area contributed by atoms with E-state index >= 15 is 0 Å². The summed E-state index contributed by atoms with van der Waals surface area (Å²) in [5.41, 5.74) is 0.924. The number of alkyl halides is 2. The quantitative estimate of drug-likeness (QED) is 0.743. The van der Waals surface area contributed by atoms with E-state index in [0.717, 1.165) is 5.56 Å². The van der Waals surface area contributed by atoms with E-state index in [4.69, 9.17) is 4.74 Å². The van der Waals surface area contributed by atoms with Crippen molar-refractivity contribution >= 4 is 5.91 Å². The zero-order chi connectivity index (χ0) is 20.8. The summed E-state index contributed by atoms with van der Waals surface area (Å²) in [4.78, 5) is 16.5. The number of rotatable bonds is 6. The first-order valence-corrected chi connectivity index (χ1v) is 9.15. The second kappa shape index (κ2) is 9.34. The highest BCUT2D eigenvalue weighted by Gasteiger charge is 2.30. The van der Waals surface area contributed by atoms with Crippen molar-refractivity contribution in [1.82, 2.24) is 9.80 Å². The van der Waals surface area contributed by atoms with Gasteiger partial charge in [-0.25, -0.2) is 0 Å². The number of nitrogens with zero attached hydrogens (tertiary/aromatic N) is 3. The lowest BCUT2D eigenvalue weighted by molar-refractivity contribution is -0.0517. The van der Waals surface area contributed by atoms with Gasteiger partial charge in [-0.15, -0.1) is 0 Å². The van der Waals surface area contributed by atoms with E-state index in [-0.39, 0.29) is 17.1 Å². The molecule has 1 fully saturated rings. The first-order valence-electron chi connectivity index (χ1n) is 9.15. The van der Waals surface area contributed by atoms with Crippen LogP contribution >= 0.6 is 0 Å². The third-order valence-electron chi connectivity index (χ3n) is 4.84. The van der Waals surface area contributed by atoms with Gasteiger partial charge in [0.2, 0.25) is 0 Å². The van der Waals surface area contributed by atoms with Crippen LogP contribution in [0.2, 0.25) is 0 Å². The van der Waals surface area contributed by atoms with Crippen LogP contribution < -0.4 is 9.47 Å². The SMILES string of the molecule is COc1cccc(C(=O)N2CCN(C(C#N)c3ccccc3)CC2)c1OC(F)F. The average molecular weight is 401 g/mol. The number of hydrogen-bond acceptors (Lipinski definition) is 5. The fourth-order valence-corrected chi connectivity index (χ4v) is 3.41. The Morgan fingerprint density at radius 2 is 1.76 bits per heavy atom. The molecule has 152 valence electrons. The Labute approximate surface area is 167 Å². The van der Waals surface area contributed by atoms with Gasteiger partial charge in [-0.2, -0.15) is 14.0 Å². The Balaban J connectivity index is 1.73. The molecule has 29 heavy (non-hydrogen) atoms. The summed E-state index contributed by atoms with van der Waals surface area (Å²) >= 11 is 0. The predicted molar refractivity (Wildman–Crippen MR) is 102 cm³/mol. The van der Waals surface area contributed by atoms with Gasteiger partial charge in [0.25, 0.3) is 5.91 Å². The minimum absolute atomic E-state index is 0.0259. The molecule has 0 aliphatic carbocycles. The third kappa shape index (κ3) is 4.63. The van der Waals surface area contributed by atoms with E-state index in [1.54, 1.807) is 11.0 Å². The maximum atomic E-state index is 12.9. The van der Waals surface area contributed by atoms with Crippen molar-refractivity contribution < 1.29 is 23.0 Å². The van der Waals surface area contributed by atoms with Gasteiger partial charge >= 0.3 is 6.61 Å². The Bertz CT molecular complexity index is 878. The Hall–Kier alpha value is -3.18. The van der Waals surface area contributed by atoms with Gasteiger partial charge in [0.15, 0.2) is 11.5 Å². The Kier molecular flexibility index (Phi) is 6.62. The van der Waals surface area contributed by atoms with E-state index in [1.807, 2.05) is 35.2 Å². The number of benzene rings is 2. The largest absolute Gasteiger partial charge is 0.493 e. The number of methoxy groups -OCH3 is 1. The van der Waals surface area contributed by atoms with E-state index in [1.165, 1.54) is 19.2 Å². The van der Waals surface area contributed by atoms with Gasteiger partial charge in [-0.1, -0.05) is 36.4 Å². The molecule has 1 amide bonds. The van der Waals surface area contributed by atoms with Crippen LogP contribution in [0.1, 0.15) is 22.0 Å². The molecule has 1 saturated heterocycles. The van der Waals surface area contributed by atoms with Gasteiger partial charge in [0, 0.05) is 26.2 Å². The summed E-state index contributed by atoms with van der Waals surface area (Å²) in [5.74, 6) is -0.604. The van der Waals surface area contributed by atoms with Gasteiger partial charge in [0.05, 0.1) is 18.7 Å². The molecule has 0 bridgehead atoms. The molecule has 0 aromatic heterocycles. The third-order valence-corrected chi connectivity index (χ3v) is 4.84. The van der Waals surface area contributed by atoms with Crippen molar-refractivity contribution in [3.05, 3.63) is 59.7 Å². The zero-order valence-corrected chi connectivity index (χ0v) is 15.9. The number of piperazine rings is 1. The maximum absolute atomic E-state index is 12.9. The molecule has 0 spiro atoms. The standard InChI is InChI=1S/C21H21F2N3O3/c1-28-18-9-5-8-16(19(18)29-21(22)23)20(27)26-12-10-25(11-13-26)17(14-24)15-6-3-2-4-7-15/h2-9,17,21H,10-13H2,1H3. The highest BCUT2D eigenvalue weighted by atomic mass is 19.3. The minimum Gasteiger partial charge on any atom is -0.493 e. The van der Waals surface area contributed by atoms with Crippen LogP contribution in [-0.4, -0.2) is 55.6 Å². The summed E-state index contributed by atoms with van der Waals surface area (Å²) in [6, 6.07) is 15.8. The normalized spacial score (nSPS) is 15.6. The van der Waals surface area contributed by atoms with E-state index < -0.39 is 18.6 Å². The number of ether oxygens (including phenoxy) is 2. The zero-order valence-electron chi connectivity index (χ0n) is 15.9. The molecule has 3 rings (SSSR count). The van der Waals surface area contributed by atoms with Crippen LogP contribution in [0.15, 0.2) is 48.5 Å². The van der Waals surface area contributed by atoms with Crippen LogP contribution in [0.25, 0.3) is 0 Å². The highest BCUT2D eigenvalue weighted by Crippen LogP contribution is 2.33. The van der Waals surface area contributed by atoms with Crippen LogP contribution in [0.4, 0.5) is 8.78 Å². The van der Waals surface area contributed by atoms with Crippen LogP contribution in [0.5, 0.6) is 11.5 Å². The molecule has 8 heteroatoms. The smallest absolute Gasteiger partial charge is 0.387 e. The van der Waals surface area contributed by atoms with E-state index in [9.17, 15) is 18.8 Å². The van der Waals surface area contributed by atoms with Crippen LogP contribution in [0.3, 0.4) is 0 Å². The number of nitriles is 1. The molecule has 1 aliphatic rings. The first kappa shape index (κ1) is 20.6. The number of halogens is 2. The number of hydrogen-bond donors (Lipinski definition) is 0. The summed E-state index contributed by atoms with van der Waals surface area (Å²) in [5, 5.41) is 9.59. The molecule has 2 aromatic carbocycles. The number of carbonyl (C=O) groups excluding carboxylic acids is 1. The van der Waals surface area contributed by atoms with Crippen molar-refractivity contribution in [3.8, 4) is 17.6 Å². The van der Waals surface area contributed by atoms with Gasteiger partial charge in [0.1, 0.15) is 6.04 Å². The molecule has 0 saturated carbocycles. The monoisotopic (exact) mass is 401 g/mol. The van der Waals surface area contributed by atoms with Gasteiger partial charge in [-0.05, 0) is 17.7 Å². The van der Waals surface area contributed by atoms with Crippen molar-refractivity contribution in [2.45, 2.75) is 12.7 Å². The molecular weight excluding hydrogens is 380 g/mol. The van der Waals surface area contributed by atoms with Gasteiger partial charge < -0.3 is 14.4 Å². The van der Waals surface area contributed by atoms with Gasteiger partial charge in [-0.3, -0.25) is 9.69 Å². The molecule has 1 atom stereocenters. The summed E-state index contributed by atoms with van der Waals surface area (Å²) in [7, 11) is 1.33. The van der Waals surface area contributed by atoms with Crippen molar-refractivity contribution in [3.63, 3.8) is 0 Å². The fraction of sp³-hybridized carbons (Fsp3) is 0.333. The lowest BCUT2D eigenvalue weighted by Crippen LogP contribution is -2.49. The fourth-order valence-electron chi connectivity index (χ4n) is 3.41. The Morgan fingerprint density at radius 1 is 1.07 bits per heavy atom. The molecule has 2 aromatic rings. The molecule has 1 unspecified atom stereocenters. The Morgan fingerprint density at radius 3 is 2.34 bits per heavy atom. The molecular formula is C21H21F2N3O3. The van der Waals surface area contributed by atoms with E-state index in [2.05, 4.69) is 10.8 Å². The molecule has 0 radical (unpaired) electrons. The second-order valence-electron chi connectivity index (χ2n) is 6.49. The van der Waals surface area contributed by atoms with Crippen molar-refractivity contribution in [2.24, 2.45) is 0 Å². The average Bonchev–Trinajstić information content (AvgIpc) is 2.75. The first-order chi connectivity index (χ1) is 14.0. The molecule has 0 N–H and O–H groups in total. The van der Waals surface area contributed by atoms with E-state index in [0.29, 0.717) is 26.2 Å². The van der Waals surface area contributed by atoms with Crippen LogP contribution in [0, 0.1) is 11.3 Å². The number of amides is 1. The topological polar surface area (TPSA) is 65.8 Å². The van der Waals surface area contributed by atoms with Crippen molar-refractivity contribution in [1.29, 1.82) is 5.26 Å². The molecule has 1 heterocycles. The molecule has 6 nitrogen and oxygen atoms in total. The summed E-state index contributed by atoms with van der Waals surface area (Å²) in [6.45, 7) is -1.34. The van der Waals surface area contributed by atoms with Crippen LogP contribution in [-0.2, 0) is 0 Å². The second-order valence-corrected chi connectivity index (χ2v) is 6.49. The summed E-state index contributed by atoms with van der Waals surface area (Å²) < 4.78 is 35.3. The lowest BCUT2D eigenvalue weighted by Gasteiger charge is -2.37. The minimum atomic E-state index is -3.07. The maximum Gasteiger partial charge on any atom is 0.387 e. The predicted octanol–water partition coefficient (Wildman–Crippen LogP) is 3.32. The number of carbonyl (C=O) groups is 1. The van der Waals surface area contributed by atoms with Crippen molar-refractivity contribution in [2.75, 3.05) is 33.3 Å².